The molecule has 5 nitrogen and oxygen atoms in total. The van der Waals surface area contributed by atoms with Crippen LogP contribution in [0.3, 0.4) is 0 Å². The quantitative estimate of drug-likeness (QED) is 0.843. The summed E-state index contributed by atoms with van der Waals surface area (Å²) in [4.78, 5) is 0. The van der Waals surface area contributed by atoms with Crippen molar-refractivity contribution in [3.63, 3.8) is 0 Å². The highest BCUT2D eigenvalue weighted by molar-refractivity contribution is 5.26. The second kappa shape index (κ2) is 6.70. The summed E-state index contributed by atoms with van der Waals surface area (Å²) < 4.78 is 3.95. The van der Waals surface area contributed by atoms with Crippen molar-refractivity contribution >= 4 is 0 Å². The molecule has 0 spiro atoms. The molecule has 0 aliphatic rings. The largest absolute Gasteiger partial charge is 0.305 e. The van der Waals surface area contributed by atoms with E-state index in [4.69, 9.17) is 0 Å². The molecular formula is C15H25N5. The molecule has 110 valence electrons. The number of hydrogen-bond acceptors (Lipinski definition) is 3. The van der Waals surface area contributed by atoms with Crippen LogP contribution in [0.4, 0.5) is 0 Å². The predicted octanol–water partition coefficient (Wildman–Crippen LogP) is 2.29. The van der Waals surface area contributed by atoms with Crippen LogP contribution in [0, 0.1) is 0 Å². The Kier molecular flexibility index (Phi) is 4.95. The minimum absolute atomic E-state index is 0.163. The van der Waals surface area contributed by atoms with Crippen molar-refractivity contribution in [1.82, 2.24) is 24.9 Å². The Morgan fingerprint density at radius 3 is 2.65 bits per heavy atom. The Morgan fingerprint density at radius 2 is 2.10 bits per heavy atom. The van der Waals surface area contributed by atoms with Gasteiger partial charge in [0.2, 0.25) is 0 Å². The fourth-order valence-corrected chi connectivity index (χ4v) is 2.42. The molecule has 0 aliphatic heterocycles. The highest BCUT2D eigenvalue weighted by atomic mass is 15.3. The van der Waals surface area contributed by atoms with E-state index in [1.165, 1.54) is 11.3 Å². The van der Waals surface area contributed by atoms with Gasteiger partial charge in [0.15, 0.2) is 0 Å². The standard InChI is InChI=1S/C15H25N5/c1-5-8-16-15(12-10-17-19(4)11-12)14-9-13(6-2)18-20(14)7-3/h9-11,15-16H,5-8H2,1-4H3. The first-order valence-electron chi connectivity index (χ1n) is 7.48. The lowest BCUT2D eigenvalue weighted by Gasteiger charge is -2.18. The minimum atomic E-state index is 0.163. The highest BCUT2D eigenvalue weighted by Crippen LogP contribution is 2.23. The van der Waals surface area contributed by atoms with E-state index >= 15 is 0 Å². The maximum Gasteiger partial charge on any atom is 0.0779 e. The van der Waals surface area contributed by atoms with E-state index in [0.29, 0.717) is 0 Å². The van der Waals surface area contributed by atoms with E-state index in [9.17, 15) is 0 Å². The fraction of sp³-hybridized carbons (Fsp3) is 0.600. The maximum atomic E-state index is 4.66. The van der Waals surface area contributed by atoms with Crippen molar-refractivity contribution in [2.24, 2.45) is 7.05 Å². The smallest absolute Gasteiger partial charge is 0.0779 e. The molecule has 0 radical (unpaired) electrons. The number of aromatic nitrogens is 4. The van der Waals surface area contributed by atoms with Crippen LogP contribution >= 0.6 is 0 Å². The lowest BCUT2D eigenvalue weighted by Crippen LogP contribution is -2.25. The molecular weight excluding hydrogens is 250 g/mol. The summed E-state index contributed by atoms with van der Waals surface area (Å²) in [7, 11) is 1.95. The third-order valence-corrected chi connectivity index (χ3v) is 3.48. The van der Waals surface area contributed by atoms with Gasteiger partial charge in [-0.05, 0) is 32.4 Å². The van der Waals surface area contributed by atoms with E-state index in [2.05, 4.69) is 53.2 Å². The van der Waals surface area contributed by atoms with Crippen LogP contribution in [0.1, 0.15) is 50.2 Å². The van der Waals surface area contributed by atoms with Crippen LogP contribution < -0.4 is 5.32 Å². The molecule has 0 saturated carbocycles. The monoisotopic (exact) mass is 275 g/mol. The molecule has 2 aromatic heterocycles. The first-order chi connectivity index (χ1) is 9.69. The van der Waals surface area contributed by atoms with Crippen molar-refractivity contribution in [2.75, 3.05) is 6.54 Å². The first-order valence-corrected chi connectivity index (χ1v) is 7.48. The van der Waals surface area contributed by atoms with Gasteiger partial charge in [-0.1, -0.05) is 13.8 Å². The van der Waals surface area contributed by atoms with Crippen LogP contribution in [-0.2, 0) is 20.0 Å². The zero-order valence-corrected chi connectivity index (χ0v) is 12.9. The van der Waals surface area contributed by atoms with Gasteiger partial charge < -0.3 is 5.32 Å². The van der Waals surface area contributed by atoms with Gasteiger partial charge in [0.1, 0.15) is 0 Å². The zero-order valence-electron chi connectivity index (χ0n) is 12.9. The Balaban J connectivity index is 2.37. The predicted molar refractivity (Wildman–Crippen MR) is 80.6 cm³/mol. The molecule has 5 heteroatoms. The molecule has 2 aromatic rings. The molecule has 0 saturated heterocycles. The maximum absolute atomic E-state index is 4.66. The third-order valence-electron chi connectivity index (χ3n) is 3.48. The van der Waals surface area contributed by atoms with Crippen molar-refractivity contribution < 1.29 is 0 Å². The van der Waals surface area contributed by atoms with Crippen LogP contribution in [0.25, 0.3) is 0 Å². The summed E-state index contributed by atoms with van der Waals surface area (Å²) in [6.45, 7) is 8.33. The molecule has 0 aromatic carbocycles. The number of nitrogens with one attached hydrogen (secondary N) is 1. The topological polar surface area (TPSA) is 47.7 Å². The first kappa shape index (κ1) is 14.8. The van der Waals surface area contributed by atoms with Crippen molar-refractivity contribution in [1.29, 1.82) is 0 Å². The Morgan fingerprint density at radius 1 is 1.30 bits per heavy atom. The Hall–Kier alpha value is -1.62. The van der Waals surface area contributed by atoms with Gasteiger partial charge in [0, 0.05) is 25.4 Å². The van der Waals surface area contributed by atoms with Gasteiger partial charge in [-0.25, -0.2) is 0 Å². The summed E-state index contributed by atoms with van der Waals surface area (Å²) >= 11 is 0. The summed E-state index contributed by atoms with van der Waals surface area (Å²) in [6.07, 6.45) is 6.09. The van der Waals surface area contributed by atoms with Crippen LogP contribution in [-0.4, -0.2) is 26.1 Å². The summed E-state index contributed by atoms with van der Waals surface area (Å²) in [5.74, 6) is 0. The summed E-state index contributed by atoms with van der Waals surface area (Å²) in [6, 6.07) is 2.38. The van der Waals surface area contributed by atoms with Gasteiger partial charge >= 0.3 is 0 Å². The lowest BCUT2D eigenvalue weighted by atomic mass is 10.1. The van der Waals surface area contributed by atoms with Crippen LogP contribution in [0.5, 0.6) is 0 Å². The highest BCUT2D eigenvalue weighted by Gasteiger charge is 2.20. The molecule has 20 heavy (non-hydrogen) atoms. The number of rotatable bonds is 7. The third kappa shape index (κ3) is 3.10. The zero-order chi connectivity index (χ0) is 14.5. The SMILES string of the molecule is CCCNC(c1cnn(C)c1)c1cc(CC)nn1CC. The van der Waals surface area contributed by atoms with Gasteiger partial charge in [0.05, 0.1) is 23.6 Å². The number of hydrogen-bond donors (Lipinski definition) is 1. The molecule has 0 amide bonds. The molecule has 2 heterocycles. The van der Waals surface area contributed by atoms with Crippen molar-refractivity contribution in [2.45, 2.75) is 46.2 Å². The number of nitrogens with zero attached hydrogens (tertiary/aromatic N) is 4. The van der Waals surface area contributed by atoms with Crippen LogP contribution in [0.2, 0.25) is 0 Å². The Bertz CT molecular complexity index is 540. The van der Waals surface area contributed by atoms with E-state index in [1.54, 1.807) is 0 Å². The van der Waals surface area contributed by atoms with Gasteiger partial charge in [-0.15, -0.1) is 0 Å². The molecule has 2 rings (SSSR count). The second-order valence-corrected chi connectivity index (χ2v) is 5.06. The van der Waals surface area contributed by atoms with Crippen molar-refractivity contribution in [3.05, 3.63) is 35.4 Å². The summed E-state index contributed by atoms with van der Waals surface area (Å²) in [5, 5.41) is 12.6. The summed E-state index contributed by atoms with van der Waals surface area (Å²) in [5.41, 5.74) is 3.57. The Labute approximate surface area is 121 Å². The average molecular weight is 275 g/mol. The number of aryl methyl sites for hydroxylation is 3. The van der Waals surface area contributed by atoms with E-state index in [-0.39, 0.29) is 6.04 Å². The minimum Gasteiger partial charge on any atom is -0.305 e. The van der Waals surface area contributed by atoms with Gasteiger partial charge in [0.25, 0.3) is 0 Å². The molecule has 1 atom stereocenters. The van der Waals surface area contributed by atoms with E-state index < -0.39 is 0 Å². The van der Waals surface area contributed by atoms with Gasteiger partial charge in [-0.2, -0.15) is 10.2 Å². The van der Waals surface area contributed by atoms with Gasteiger partial charge in [-0.3, -0.25) is 9.36 Å². The molecule has 1 unspecified atom stereocenters. The fourth-order valence-electron chi connectivity index (χ4n) is 2.42. The molecule has 0 fully saturated rings. The molecule has 1 N–H and O–H groups in total. The lowest BCUT2D eigenvalue weighted by molar-refractivity contribution is 0.528. The van der Waals surface area contributed by atoms with E-state index in [1.807, 2.05) is 17.9 Å². The van der Waals surface area contributed by atoms with Crippen molar-refractivity contribution in [3.8, 4) is 0 Å². The van der Waals surface area contributed by atoms with E-state index in [0.717, 1.165) is 31.6 Å². The van der Waals surface area contributed by atoms with Crippen LogP contribution in [0.15, 0.2) is 18.5 Å². The average Bonchev–Trinajstić information content (AvgIpc) is 3.06. The molecule has 0 bridgehead atoms. The second-order valence-electron chi connectivity index (χ2n) is 5.06. The normalized spacial score (nSPS) is 12.8. The molecule has 0 aliphatic carbocycles.